The quantitative estimate of drug-likeness (QED) is 0.926. The molecule has 0 aromatic heterocycles. The number of amides is 1. The number of ether oxygens (including phenoxy) is 1. The zero-order valence-electron chi connectivity index (χ0n) is 13.1. The van der Waals surface area contributed by atoms with Crippen LogP contribution in [0.1, 0.15) is 42.4 Å². The molecule has 2 aliphatic rings. The maximum absolute atomic E-state index is 12.9. The summed E-state index contributed by atoms with van der Waals surface area (Å²) >= 11 is 0. The normalized spacial score (nSPS) is 21.0. The SMILES string of the molecule is Cc1cc2c(cc1C)C(C(=O)N(C1CC1)C(C)C(=O)O)CO2. The van der Waals surface area contributed by atoms with Crippen molar-refractivity contribution in [3.05, 3.63) is 28.8 Å². The highest BCUT2D eigenvalue weighted by molar-refractivity contribution is 5.90. The molecule has 1 amide bonds. The van der Waals surface area contributed by atoms with E-state index in [0.29, 0.717) is 6.61 Å². The number of hydrogen-bond acceptors (Lipinski definition) is 3. The summed E-state index contributed by atoms with van der Waals surface area (Å²) in [4.78, 5) is 25.8. The first-order valence-corrected chi connectivity index (χ1v) is 7.69. The number of nitrogens with zero attached hydrogens (tertiary/aromatic N) is 1. The molecule has 118 valence electrons. The van der Waals surface area contributed by atoms with Crippen LogP contribution in [0.3, 0.4) is 0 Å². The zero-order valence-corrected chi connectivity index (χ0v) is 13.1. The second-order valence-corrected chi connectivity index (χ2v) is 6.33. The van der Waals surface area contributed by atoms with Gasteiger partial charge in [-0.15, -0.1) is 0 Å². The van der Waals surface area contributed by atoms with Crippen molar-refractivity contribution in [1.82, 2.24) is 4.90 Å². The van der Waals surface area contributed by atoms with E-state index in [1.807, 2.05) is 26.0 Å². The minimum atomic E-state index is -0.959. The van der Waals surface area contributed by atoms with Crippen molar-refractivity contribution in [3.63, 3.8) is 0 Å². The molecule has 0 radical (unpaired) electrons. The Labute approximate surface area is 129 Å². The van der Waals surface area contributed by atoms with E-state index < -0.39 is 17.9 Å². The fourth-order valence-electron chi connectivity index (χ4n) is 3.02. The fourth-order valence-corrected chi connectivity index (χ4v) is 3.02. The van der Waals surface area contributed by atoms with E-state index in [2.05, 4.69) is 0 Å². The monoisotopic (exact) mass is 303 g/mol. The van der Waals surface area contributed by atoms with Crippen LogP contribution in [0.5, 0.6) is 5.75 Å². The predicted octanol–water partition coefficient (Wildman–Crippen LogP) is 2.24. The second kappa shape index (κ2) is 5.30. The lowest BCUT2D eigenvalue weighted by molar-refractivity contribution is -0.150. The molecular weight excluding hydrogens is 282 g/mol. The average Bonchev–Trinajstić information content (AvgIpc) is 3.21. The van der Waals surface area contributed by atoms with Crippen LogP contribution >= 0.6 is 0 Å². The first-order chi connectivity index (χ1) is 10.4. The first-order valence-electron chi connectivity index (χ1n) is 7.69. The van der Waals surface area contributed by atoms with E-state index in [0.717, 1.165) is 35.3 Å². The molecule has 0 spiro atoms. The Morgan fingerprint density at radius 1 is 1.27 bits per heavy atom. The molecule has 0 saturated heterocycles. The van der Waals surface area contributed by atoms with E-state index in [1.165, 1.54) is 0 Å². The zero-order chi connectivity index (χ0) is 16.0. The lowest BCUT2D eigenvalue weighted by Gasteiger charge is -2.28. The van der Waals surface area contributed by atoms with Crippen LogP contribution in [0.2, 0.25) is 0 Å². The van der Waals surface area contributed by atoms with Gasteiger partial charge in [0.25, 0.3) is 0 Å². The minimum absolute atomic E-state index is 0.0641. The number of benzene rings is 1. The number of rotatable bonds is 4. The van der Waals surface area contributed by atoms with Gasteiger partial charge in [-0.05, 0) is 50.8 Å². The van der Waals surface area contributed by atoms with Crippen LogP contribution in [0, 0.1) is 13.8 Å². The Balaban J connectivity index is 1.90. The van der Waals surface area contributed by atoms with E-state index in [1.54, 1.807) is 11.8 Å². The Hall–Kier alpha value is -2.04. The molecule has 3 rings (SSSR count). The van der Waals surface area contributed by atoms with E-state index in [4.69, 9.17) is 4.74 Å². The van der Waals surface area contributed by atoms with Gasteiger partial charge >= 0.3 is 5.97 Å². The highest BCUT2D eigenvalue weighted by Gasteiger charge is 2.43. The molecule has 0 bridgehead atoms. The third kappa shape index (κ3) is 2.45. The highest BCUT2D eigenvalue weighted by atomic mass is 16.5. The van der Waals surface area contributed by atoms with Crippen molar-refractivity contribution in [2.45, 2.75) is 51.6 Å². The summed E-state index contributed by atoms with van der Waals surface area (Å²) in [6.07, 6.45) is 1.77. The summed E-state index contributed by atoms with van der Waals surface area (Å²) < 4.78 is 5.66. The molecule has 22 heavy (non-hydrogen) atoms. The van der Waals surface area contributed by atoms with Crippen LogP contribution in [-0.2, 0) is 9.59 Å². The molecule has 1 aromatic rings. The van der Waals surface area contributed by atoms with Gasteiger partial charge in [-0.25, -0.2) is 4.79 Å². The van der Waals surface area contributed by atoms with Gasteiger partial charge in [0.2, 0.25) is 5.91 Å². The minimum Gasteiger partial charge on any atom is -0.492 e. The number of carboxylic acids is 1. The van der Waals surface area contributed by atoms with Gasteiger partial charge in [-0.2, -0.15) is 0 Å². The lowest BCUT2D eigenvalue weighted by atomic mass is 9.95. The summed E-state index contributed by atoms with van der Waals surface area (Å²) in [5.74, 6) is -0.726. The second-order valence-electron chi connectivity index (χ2n) is 6.33. The van der Waals surface area contributed by atoms with E-state index in [9.17, 15) is 14.7 Å². The molecule has 5 heteroatoms. The lowest BCUT2D eigenvalue weighted by Crippen LogP contribution is -2.47. The number of carbonyl (C=O) groups excluding carboxylic acids is 1. The molecule has 2 unspecified atom stereocenters. The van der Waals surface area contributed by atoms with Gasteiger partial charge in [0, 0.05) is 11.6 Å². The van der Waals surface area contributed by atoms with Crippen molar-refractivity contribution in [1.29, 1.82) is 0 Å². The van der Waals surface area contributed by atoms with Crippen LogP contribution in [0.25, 0.3) is 0 Å². The van der Waals surface area contributed by atoms with Gasteiger partial charge in [0.05, 0.1) is 0 Å². The smallest absolute Gasteiger partial charge is 0.326 e. The molecule has 1 aliphatic heterocycles. The third-order valence-corrected chi connectivity index (χ3v) is 4.67. The van der Waals surface area contributed by atoms with Crippen molar-refractivity contribution in [2.24, 2.45) is 0 Å². The van der Waals surface area contributed by atoms with Crippen LogP contribution < -0.4 is 4.74 Å². The molecule has 1 fully saturated rings. The summed E-state index contributed by atoms with van der Waals surface area (Å²) in [6, 6.07) is 3.22. The topological polar surface area (TPSA) is 66.8 Å². The molecule has 1 heterocycles. The number of aryl methyl sites for hydroxylation is 2. The molecular formula is C17H21NO4. The summed E-state index contributed by atoms with van der Waals surface area (Å²) in [7, 11) is 0. The van der Waals surface area contributed by atoms with Crippen molar-refractivity contribution in [2.75, 3.05) is 6.61 Å². The van der Waals surface area contributed by atoms with Gasteiger partial charge in [-0.3, -0.25) is 4.79 Å². The third-order valence-electron chi connectivity index (χ3n) is 4.67. The Kier molecular flexibility index (Phi) is 3.59. The molecule has 1 N–H and O–H groups in total. The Morgan fingerprint density at radius 2 is 1.91 bits per heavy atom. The van der Waals surface area contributed by atoms with Crippen molar-refractivity contribution in [3.8, 4) is 5.75 Å². The predicted molar refractivity (Wildman–Crippen MR) is 81.1 cm³/mol. The molecule has 1 saturated carbocycles. The summed E-state index contributed by atoms with van der Waals surface area (Å²) in [6.45, 7) is 5.90. The number of carbonyl (C=O) groups is 2. The standard InChI is InChI=1S/C17H21NO4/c1-9-6-13-14(8-22-15(13)7-10(9)2)16(19)18(12-4-5-12)11(3)17(20)21/h6-7,11-12,14H,4-5,8H2,1-3H3,(H,20,21). The van der Waals surface area contributed by atoms with Gasteiger partial charge in [-0.1, -0.05) is 6.07 Å². The average molecular weight is 303 g/mol. The summed E-state index contributed by atoms with van der Waals surface area (Å²) in [5.41, 5.74) is 3.13. The molecule has 1 aliphatic carbocycles. The van der Waals surface area contributed by atoms with Gasteiger partial charge in [0.1, 0.15) is 24.3 Å². The number of aliphatic carboxylic acids is 1. The highest BCUT2D eigenvalue weighted by Crippen LogP contribution is 2.39. The van der Waals surface area contributed by atoms with E-state index in [-0.39, 0.29) is 11.9 Å². The van der Waals surface area contributed by atoms with Gasteiger partial charge < -0.3 is 14.7 Å². The van der Waals surface area contributed by atoms with Crippen LogP contribution in [0.4, 0.5) is 0 Å². The molecule has 2 atom stereocenters. The Bertz CT molecular complexity index is 636. The van der Waals surface area contributed by atoms with Crippen LogP contribution in [0.15, 0.2) is 12.1 Å². The van der Waals surface area contributed by atoms with Crippen molar-refractivity contribution >= 4 is 11.9 Å². The first kappa shape index (κ1) is 14.9. The van der Waals surface area contributed by atoms with Crippen molar-refractivity contribution < 1.29 is 19.4 Å². The summed E-state index contributed by atoms with van der Waals surface area (Å²) in [5, 5.41) is 9.27. The maximum Gasteiger partial charge on any atom is 0.326 e. The Morgan fingerprint density at radius 3 is 2.50 bits per heavy atom. The number of hydrogen-bond donors (Lipinski definition) is 1. The van der Waals surface area contributed by atoms with E-state index >= 15 is 0 Å². The molecule has 5 nitrogen and oxygen atoms in total. The molecule has 1 aromatic carbocycles. The van der Waals surface area contributed by atoms with Crippen LogP contribution in [-0.4, -0.2) is 40.6 Å². The number of carboxylic acid groups (broad SMARTS) is 1. The number of fused-ring (bicyclic) bond motifs is 1. The fraction of sp³-hybridized carbons (Fsp3) is 0.529. The maximum atomic E-state index is 12.9. The largest absolute Gasteiger partial charge is 0.492 e. The van der Waals surface area contributed by atoms with Gasteiger partial charge in [0.15, 0.2) is 0 Å².